The molecule has 0 radical (unpaired) electrons. The summed E-state index contributed by atoms with van der Waals surface area (Å²) < 4.78 is 0. The first-order valence-electron chi connectivity index (χ1n) is 5.99. The molecule has 1 amide bonds. The number of nitriles is 1. The fourth-order valence-electron chi connectivity index (χ4n) is 1.89. The summed E-state index contributed by atoms with van der Waals surface area (Å²) >= 11 is 13.7. The van der Waals surface area contributed by atoms with Gasteiger partial charge in [0.25, 0.3) is 0 Å². The van der Waals surface area contributed by atoms with E-state index in [1.165, 1.54) is 6.08 Å². The Bertz CT molecular complexity index is 569. The standard InChI is InChI=1S/C14H12Cl2N2OS/c15-11-2-1-3-12(16)10(11)4-5-13(19)18-14(8-17)6-7-20-9-14/h1-5H,6-7,9H2,(H,18,19)/b5-4+. The minimum absolute atomic E-state index is 0.315. The van der Waals surface area contributed by atoms with E-state index in [2.05, 4.69) is 11.4 Å². The SMILES string of the molecule is N#CC1(NC(=O)/C=C/c2c(Cl)cccc2Cl)CCSC1. The Morgan fingerprint density at radius 3 is 2.70 bits per heavy atom. The van der Waals surface area contributed by atoms with Crippen LogP contribution in [0.25, 0.3) is 6.08 Å². The summed E-state index contributed by atoms with van der Waals surface area (Å²) in [4.78, 5) is 11.9. The molecule has 1 N–H and O–H groups in total. The summed E-state index contributed by atoms with van der Waals surface area (Å²) in [6.07, 6.45) is 3.59. The number of thioether (sulfide) groups is 1. The van der Waals surface area contributed by atoms with Crippen LogP contribution in [0.1, 0.15) is 12.0 Å². The van der Waals surface area contributed by atoms with Crippen LogP contribution in [0.5, 0.6) is 0 Å². The van der Waals surface area contributed by atoms with Crippen molar-refractivity contribution in [1.29, 1.82) is 5.26 Å². The molecule has 1 fully saturated rings. The van der Waals surface area contributed by atoms with Crippen molar-refractivity contribution in [2.45, 2.75) is 12.0 Å². The number of carbonyl (C=O) groups is 1. The highest BCUT2D eigenvalue weighted by molar-refractivity contribution is 7.99. The molecule has 1 aliphatic heterocycles. The summed E-state index contributed by atoms with van der Waals surface area (Å²) in [5.74, 6) is 1.19. The second kappa shape index (κ2) is 6.53. The average molecular weight is 327 g/mol. The molecule has 2 rings (SSSR count). The van der Waals surface area contributed by atoms with Crippen LogP contribution in [0.4, 0.5) is 0 Å². The largest absolute Gasteiger partial charge is 0.333 e. The Hall–Kier alpha value is -1.15. The van der Waals surface area contributed by atoms with E-state index in [4.69, 9.17) is 23.2 Å². The summed E-state index contributed by atoms with van der Waals surface area (Å²) in [6.45, 7) is 0. The number of rotatable bonds is 3. The summed E-state index contributed by atoms with van der Waals surface area (Å²) in [6, 6.07) is 7.34. The molecule has 0 bridgehead atoms. The maximum absolute atomic E-state index is 11.9. The van der Waals surface area contributed by atoms with Crippen molar-refractivity contribution >= 4 is 46.9 Å². The molecule has 0 saturated carbocycles. The molecule has 6 heteroatoms. The zero-order valence-corrected chi connectivity index (χ0v) is 12.9. The van der Waals surface area contributed by atoms with Crippen LogP contribution in [0.15, 0.2) is 24.3 Å². The predicted octanol–water partition coefficient (Wildman–Crippen LogP) is 3.52. The van der Waals surface area contributed by atoms with Crippen LogP contribution in [0.2, 0.25) is 10.0 Å². The highest BCUT2D eigenvalue weighted by atomic mass is 35.5. The first-order chi connectivity index (χ1) is 9.56. The summed E-state index contributed by atoms with van der Waals surface area (Å²) in [5, 5.41) is 12.9. The van der Waals surface area contributed by atoms with Gasteiger partial charge >= 0.3 is 0 Å². The van der Waals surface area contributed by atoms with Crippen molar-refractivity contribution in [3.8, 4) is 6.07 Å². The fourth-order valence-corrected chi connectivity index (χ4v) is 3.68. The van der Waals surface area contributed by atoms with E-state index < -0.39 is 5.54 Å². The lowest BCUT2D eigenvalue weighted by Crippen LogP contribution is -2.46. The predicted molar refractivity (Wildman–Crippen MR) is 83.9 cm³/mol. The quantitative estimate of drug-likeness (QED) is 0.864. The number of halogens is 2. The van der Waals surface area contributed by atoms with Crippen LogP contribution >= 0.6 is 35.0 Å². The van der Waals surface area contributed by atoms with E-state index >= 15 is 0 Å². The van der Waals surface area contributed by atoms with Gasteiger partial charge in [0.05, 0.1) is 6.07 Å². The first kappa shape index (κ1) is 15.2. The second-order valence-electron chi connectivity index (χ2n) is 4.45. The number of hydrogen-bond donors (Lipinski definition) is 1. The first-order valence-corrected chi connectivity index (χ1v) is 7.91. The molecule has 1 heterocycles. The molecule has 1 unspecified atom stereocenters. The van der Waals surface area contributed by atoms with Crippen molar-refractivity contribution in [2.24, 2.45) is 0 Å². The molecule has 1 atom stereocenters. The Morgan fingerprint density at radius 2 is 2.15 bits per heavy atom. The van der Waals surface area contributed by atoms with Gasteiger partial charge in [0.2, 0.25) is 5.91 Å². The van der Waals surface area contributed by atoms with Gasteiger partial charge in [-0.3, -0.25) is 4.79 Å². The van der Waals surface area contributed by atoms with Crippen LogP contribution < -0.4 is 5.32 Å². The maximum Gasteiger partial charge on any atom is 0.245 e. The minimum Gasteiger partial charge on any atom is -0.333 e. The number of carbonyl (C=O) groups excluding carboxylic acids is 1. The molecular formula is C14H12Cl2N2OS. The fraction of sp³-hybridized carbons (Fsp3) is 0.286. The molecule has 104 valence electrons. The van der Waals surface area contributed by atoms with Crippen LogP contribution in [0.3, 0.4) is 0 Å². The Kier molecular flexibility index (Phi) is 4.98. The number of hydrogen-bond acceptors (Lipinski definition) is 3. The number of nitrogens with zero attached hydrogens (tertiary/aromatic N) is 1. The van der Waals surface area contributed by atoms with E-state index in [0.717, 1.165) is 5.75 Å². The highest BCUT2D eigenvalue weighted by Crippen LogP contribution is 2.28. The molecular weight excluding hydrogens is 315 g/mol. The van der Waals surface area contributed by atoms with Gasteiger partial charge in [-0.05, 0) is 30.4 Å². The van der Waals surface area contributed by atoms with E-state index in [-0.39, 0.29) is 5.91 Å². The van der Waals surface area contributed by atoms with Crippen LogP contribution in [-0.4, -0.2) is 23.0 Å². The van der Waals surface area contributed by atoms with Gasteiger partial charge in [-0.2, -0.15) is 17.0 Å². The molecule has 3 nitrogen and oxygen atoms in total. The van der Waals surface area contributed by atoms with Gasteiger partial charge in [0.15, 0.2) is 0 Å². The number of nitrogens with one attached hydrogen (secondary N) is 1. The van der Waals surface area contributed by atoms with E-state index in [1.54, 1.807) is 36.0 Å². The second-order valence-corrected chi connectivity index (χ2v) is 6.37. The number of benzene rings is 1. The topological polar surface area (TPSA) is 52.9 Å². The monoisotopic (exact) mass is 326 g/mol. The lowest BCUT2D eigenvalue weighted by atomic mass is 10.0. The van der Waals surface area contributed by atoms with Crippen molar-refractivity contribution in [1.82, 2.24) is 5.32 Å². The normalized spacial score (nSPS) is 21.9. The van der Waals surface area contributed by atoms with Crippen molar-refractivity contribution in [3.05, 3.63) is 39.9 Å². The van der Waals surface area contributed by atoms with Crippen molar-refractivity contribution < 1.29 is 4.79 Å². The smallest absolute Gasteiger partial charge is 0.245 e. The number of amides is 1. The third kappa shape index (κ3) is 3.49. The van der Waals surface area contributed by atoms with Gasteiger partial charge in [-0.25, -0.2) is 0 Å². The van der Waals surface area contributed by atoms with Crippen molar-refractivity contribution in [3.63, 3.8) is 0 Å². The van der Waals surface area contributed by atoms with E-state index in [9.17, 15) is 10.1 Å². The molecule has 1 aromatic rings. The van der Waals surface area contributed by atoms with Gasteiger partial charge in [-0.15, -0.1) is 0 Å². The summed E-state index contributed by atoms with van der Waals surface area (Å²) in [7, 11) is 0. The molecule has 1 saturated heterocycles. The minimum atomic E-state index is -0.754. The van der Waals surface area contributed by atoms with E-state index in [0.29, 0.717) is 27.8 Å². The third-order valence-corrected chi connectivity index (χ3v) is 4.85. The Morgan fingerprint density at radius 1 is 1.45 bits per heavy atom. The van der Waals surface area contributed by atoms with Crippen LogP contribution in [0, 0.1) is 11.3 Å². The molecule has 0 aromatic heterocycles. The molecule has 0 spiro atoms. The lowest BCUT2D eigenvalue weighted by Gasteiger charge is -2.19. The molecule has 0 aliphatic carbocycles. The van der Waals surface area contributed by atoms with E-state index in [1.807, 2.05) is 0 Å². The van der Waals surface area contributed by atoms with Gasteiger partial charge in [0, 0.05) is 27.4 Å². The zero-order chi connectivity index (χ0) is 14.6. The van der Waals surface area contributed by atoms with Crippen molar-refractivity contribution in [2.75, 3.05) is 11.5 Å². The summed E-state index contributed by atoms with van der Waals surface area (Å²) in [5.41, 5.74) is -0.158. The molecule has 1 aromatic carbocycles. The highest BCUT2D eigenvalue weighted by Gasteiger charge is 2.35. The molecule has 1 aliphatic rings. The van der Waals surface area contributed by atoms with Gasteiger partial charge in [0.1, 0.15) is 5.54 Å². The third-order valence-electron chi connectivity index (χ3n) is 3.00. The Labute approximate surface area is 131 Å². The Balaban J connectivity index is 2.08. The maximum atomic E-state index is 11.9. The van der Waals surface area contributed by atoms with Gasteiger partial charge in [-0.1, -0.05) is 29.3 Å². The lowest BCUT2D eigenvalue weighted by molar-refractivity contribution is -0.117. The van der Waals surface area contributed by atoms with Crippen LogP contribution in [-0.2, 0) is 4.79 Å². The van der Waals surface area contributed by atoms with Gasteiger partial charge < -0.3 is 5.32 Å². The average Bonchev–Trinajstić information content (AvgIpc) is 2.87. The molecule has 20 heavy (non-hydrogen) atoms. The zero-order valence-electron chi connectivity index (χ0n) is 10.5.